The minimum atomic E-state index is 0.281. The summed E-state index contributed by atoms with van der Waals surface area (Å²) in [7, 11) is 0. The Morgan fingerprint density at radius 2 is 2.47 bits per heavy atom. The average Bonchev–Trinajstić information content (AvgIpc) is 2.57. The van der Waals surface area contributed by atoms with E-state index >= 15 is 0 Å². The molecule has 0 N–H and O–H groups in total. The lowest BCUT2D eigenvalue weighted by Crippen LogP contribution is -2.05. The van der Waals surface area contributed by atoms with Gasteiger partial charge >= 0.3 is 0 Å². The predicted molar refractivity (Wildman–Crippen MR) is 56.9 cm³/mol. The summed E-state index contributed by atoms with van der Waals surface area (Å²) < 4.78 is 5.60. The van der Waals surface area contributed by atoms with Gasteiger partial charge < -0.3 is 4.74 Å². The largest absolute Gasteiger partial charge is 0.490 e. The average molecular weight is 203 g/mol. The minimum Gasteiger partial charge on any atom is -0.490 e. The molecule has 0 saturated heterocycles. The Bertz CT molecular complexity index is 408. The Morgan fingerprint density at radius 3 is 3.27 bits per heavy atom. The Hall–Kier alpha value is -1.60. The van der Waals surface area contributed by atoms with Gasteiger partial charge in [-0.25, -0.2) is 9.79 Å². The van der Waals surface area contributed by atoms with Crippen molar-refractivity contribution in [3.05, 3.63) is 29.3 Å². The third kappa shape index (κ3) is 2.25. The number of ether oxygens (including phenoxy) is 1. The van der Waals surface area contributed by atoms with E-state index < -0.39 is 0 Å². The summed E-state index contributed by atoms with van der Waals surface area (Å²) in [4.78, 5) is 13.5. The molecule has 1 aromatic rings. The van der Waals surface area contributed by atoms with Gasteiger partial charge in [0.1, 0.15) is 11.9 Å². The fourth-order valence-corrected chi connectivity index (χ4v) is 1.86. The molecule has 1 unspecified atom stereocenters. The number of aliphatic imine (C=N–C) groups is 1. The molecule has 0 bridgehead atoms. The van der Waals surface area contributed by atoms with Crippen LogP contribution in [0.15, 0.2) is 23.2 Å². The molecular weight excluding hydrogens is 190 g/mol. The molecule has 3 nitrogen and oxygen atoms in total. The second kappa shape index (κ2) is 4.28. The van der Waals surface area contributed by atoms with Crippen LogP contribution in [0.2, 0.25) is 0 Å². The molecule has 1 atom stereocenters. The molecule has 0 saturated carbocycles. The van der Waals surface area contributed by atoms with Gasteiger partial charge in [-0.1, -0.05) is 12.1 Å². The van der Waals surface area contributed by atoms with E-state index in [9.17, 15) is 4.79 Å². The topological polar surface area (TPSA) is 38.7 Å². The highest BCUT2D eigenvalue weighted by molar-refractivity contribution is 5.40. The number of hydrogen-bond donors (Lipinski definition) is 0. The van der Waals surface area contributed by atoms with Gasteiger partial charge in [-0.2, -0.15) is 0 Å². The fraction of sp³-hybridized carbons (Fsp3) is 0.417. The molecule has 1 aliphatic heterocycles. The molecule has 78 valence electrons. The lowest BCUT2D eigenvalue weighted by Gasteiger charge is -2.02. The van der Waals surface area contributed by atoms with E-state index in [0.29, 0.717) is 6.54 Å². The first-order valence-corrected chi connectivity index (χ1v) is 5.11. The second-order valence-corrected chi connectivity index (χ2v) is 3.80. The van der Waals surface area contributed by atoms with E-state index in [1.807, 2.05) is 12.1 Å². The Morgan fingerprint density at radius 1 is 1.60 bits per heavy atom. The zero-order chi connectivity index (χ0) is 10.7. The van der Waals surface area contributed by atoms with E-state index in [0.717, 1.165) is 18.6 Å². The molecular formula is C12H13NO2. The molecule has 1 aromatic carbocycles. The first kappa shape index (κ1) is 9.94. The highest BCUT2D eigenvalue weighted by Crippen LogP contribution is 2.29. The molecule has 2 rings (SSSR count). The highest BCUT2D eigenvalue weighted by Gasteiger charge is 2.18. The summed E-state index contributed by atoms with van der Waals surface area (Å²) in [5.41, 5.74) is 2.46. The van der Waals surface area contributed by atoms with Crippen molar-refractivity contribution in [1.29, 1.82) is 0 Å². The van der Waals surface area contributed by atoms with Crippen molar-refractivity contribution < 1.29 is 9.53 Å². The van der Waals surface area contributed by atoms with E-state index in [1.165, 1.54) is 11.1 Å². The molecule has 0 spiro atoms. The van der Waals surface area contributed by atoms with Crippen LogP contribution in [0.3, 0.4) is 0 Å². The molecule has 0 aliphatic carbocycles. The summed E-state index contributed by atoms with van der Waals surface area (Å²) in [5, 5.41) is 0. The molecule has 1 heterocycles. The van der Waals surface area contributed by atoms with E-state index in [4.69, 9.17) is 4.74 Å². The van der Waals surface area contributed by atoms with Crippen molar-refractivity contribution in [3.8, 4) is 5.75 Å². The van der Waals surface area contributed by atoms with Crippen LogP contribution in [0.25, 0.3) is 0 Å². The van der Waals surface area contributed by atoms with Crippen LogP contribution in [-0.4, -0.2) is 18.7 Å². The maximum absolute atomic E-state index is 9.91. The van der Waals surface area contributed by atoms with Gasteiger partial charge in [0.15, 0.2) is 0 Å². The zero-order valence-electron chi connectivity index (χ0n) is 8.69. The van der Waals surface area contributed by atoms with E-state index in [1.54, 1.807) is 6.08 Å². The van der Waals surface area contributed by atoms with E-state index in [-0.39, 0.29) is 6.10 Å². The third-order valence-corrected chi connectivity index (χ3v) is 2.54. The first-order valence-electron chi connectivity index (χ1n) is 5.11. The summed E-state index contributed by atoms with van der Waals surface area (Å²) in [6.45, 7) is 2.58. The normalized spacial score (nSPS) is 17.8. The van der Waals surface area contributed by atoms with Gasteiger partial charge in [-0.05, 0) is 30.5 Å². The molecule has 1 aliphatic rings. The molecule has 0 radical (unpaired) electrons. The Kier molecular flexibility index (Phi) is 2.84. The summed E-state index contributed by atoms with van der Waals surface area (Å²) in [6, 6.07) is 6.16. The maximum atomic E-state index is 9.91. The van der Waals surface area contributed by atoms with Crippen LogP contribution in [0.4, 0.5) is 0 Å². The van der Waals surface area contributed by atoms with Gasteiger partial charge in [-0.3, -0.25) is 0 Å². The number of rotatable bonds is 3. The van der Waals surface area contributed by atoms with Crippen LogP contribution >= 0.6 is 0 Å². The Labute approximate surface area is 88.8 Å². The van der Waals surface area contributed by atoms with Crippen molar-refractivity contribution in [2.45, 2.75) is 25.9 Å². The molecule has 0 amide bonds. The number of fused-ring (bicyclic) bond motifs is 1. The number of nitrogens with zero attached hydrogens (tertiary/aromatic N) is 1. The molecule has 15 heavy (non-hydrogen) atoms. The van der Waals surface area contributed by atoms with Crippen molar-refractivity contribution in [3.63, 3.8) is 0 Å². The predicted octanol–water partition coefficient (Wildman–Crippen LogP) is 1.89. The van der Waals surface area contributed by atoms with Crippen molar-refractivity contribution >= 4 is 6.08 Å². The first-order chi connectivity index (χ1) is 7.29. The van der Waals surface area contributed by atoms with Crippen LogP contribution in [-0.2, 0) is 17.6 Å². The lowest BCUT2D eigenvalue weighted by molar-refractivity contribution is 0.254. The lowest BCUT2D eigenvalue weighted by atomic mass is 10.1. The molecule has 3 heteroatoms. The van der Waals surface area contributed by atoms with Crippen molar-refractivity contribution in [2.75, 3.05) is 6.54 Å². The number of carbonyl (C=O) groups excluding carboxylic acids is 1. The highest BCUT2D eigenvalue weighted by atomic mass is 16.5. The monoisotopic (exact) mass is 203 g/mol. The minimum absolute atomic E-state index is 0.281. The zero-order valence-corrected chi connectivity index (χ0v) is 8.69. The van der Waals surface area contributed by atoms with Crippen LogP contribution in [0.1, 0.15) is 18.1 Å². The number of hydrogen-bond acceptors (Lipinski definition) is 3. The quantitative estimate of drug-likeness (QED) is 0.555. The third-order valence-electron chi connectivity index (χ3n) is 2.54. The van der Waals surface area contributed by atoms with Gasteiger partial charge in [0, 0.05) is 6.42 Å². The SMILES string of the molecule is CC1Cc2cc(CCN=C=O)ccc2O1. The van der Waals surface area contributed by atoms with Crippen molar-refractivity contribution in [2.24, 2.45) is 4.99 Å². The van der Waals surface area contributed by atoms with Gasteiger partial charge in [-0.15, -0.1) is 0 Å². The summed E-state index contributed by atoms with van der Waals surface area (Å²) in [5.74, 6) is 0.991. The van der Waals surface area contributed by atoms with Gasteiger partial charge in [0.25, 0.3) is 0 Å². The Balaban J connectivity index is 2.09. The van der Waals surface area contributed by atoms with Crippen LogP contribution in [0.5, 0.6) is 5.75 Å². The number of benzene rings is 1. The molecule has 0 fully saturated rings. The van der Waals surface area contributed by atoms with Crippen molar-refractivity contribution in [1.82, 2.24) is 0 Å². The van der Waals surface area contributed by atoms with Gasteiger partial charge in [0.2, 0.25) is 6.08 Å². The second-order valence-electron chi connectivity index (χ2n) is 3.80. The maximum Gasteiger partial charge on any atom is 0.234 e. The smallest absolute Gasteiger partial charge is 0.234 e. The standard InChI is InChI=1S/C12H13NO2/c1-9-6-11-7-10(4-5-13-8-14)2-3-12(11)15-9/h2-3,7,9H,4-6H2,1H3. The summed E-state index contributed by atoms with van der Waals surface area (Å²) >= 11 is 0. The van der Waals surface area contributed by atoms with Crippen LogP contribution < -0.4 is 4.74 Å². The summed E-state index contributed by atoms with van der Waals surface area (Å²) in [6.07, 6.45) is 3.59. The fourth-order valence-electron chi connectivity index (χ4n) is 1.86. The molecule has 0 aromatic heterocycles. The number of isocyanates is 1. The van der Waals surface area contributed by atoms with Gasteiger partial charge in [0.05, 0.1) is 6.54 Å². The van der Waals surface area contributed by atoms with E-state index in [2.05, 4.69) is 18.0 Å². The van der Waals surface area contributed by atoms with Crippen LogP contribution in [0, 0.1) is 0 Å².